The smallest absolute Gasteiger partial charge is 0.354 e. The second-order valence-corrected chi connectivity index (χ2v) is 5.27. The average Bonchev–Trinajstić information content (AvgIpc) is 2.73. The van der Waals surface area contributed by atoms with Crippen LogP contribution in [0.15, 0.2) is 22.8 Å². The minimum atomic E-state index is -1.16. The number of carbonyl (C=O) groups is 2. The van der Waals surface area contributed by atoms with E-state index in [1.54, 1.807) is 6.92 Å². The summed E-state index contributed by atoms with van der Waals surface area (Å²) in [5.41, 5.74) is 0.860. The molecule has 8 heteroatoms. The number of anilines is 1. The second-order valence-electron chi connectivity index (χ2n) is 3.99. The molecule has 0 aliphatic heterocycles. The molecule has 0 saturated carbocycles. The van der Waals surface area contributed by atoms with Gasteiger partial charge < -0.3 is 15.4 Å². The van der Waals surface area contributed by atoms with E-state index in [1.165, 1.54) is 18.3 Å². The molecule has 6 nitrogen and oxygen atoms in total. The van der Waals surface area contributed by atoms with Gasteiger partial charge in [-0.2, -0.15) is 0 Å². The highest BCUT2D eigenvalue weighted by Gasteiger charge is 2.18. The SMILES string of the molecule is Cc1cc(NC(=O)c2cc(Br)cnc2Cl)c(C(=O)O)[nH]1. The van der Waals surface area contributed by atoms with Gasteiger partial charge in [-0.25, -0.2) is 9.78 Å². The maximum absolute atomic E-state index is 12.1. The molecule has 2 aromatic rings. The average molecular weight is 359 g/mol. The van der Waals surface area contributed by atoms with Crippen molar-refractivity contribution < 1.29 is 14.7 Å². The number of pyridine rings is 1. The lowest BCUT2D eigenvalue weighted by Gasteiger charge is -2.06. The number of aromatic amines is 1. The fourth-order valence-corrected chi connectivity index (χ4v) is 2.15. The van der Waals surface area contributed by atoms with Crippen LogP contribution in [0.2, 0.25) is 5.15 Å². The maximum atomic E-state index is 12.1. The molecule has 0 bridgehead atoms. The zero-order valence-corrected chi connectivity index (χ0v) is 12.5. The highest BCUT2D eigenvalue weighted by atomic mass is 79.9. The number of amides is 1. The standard InChI is InChI=1S/C12H9BrClN3O3/c1-5-2-8(9(16-5)12(19)20)17-11(18)7-3-6(13)4-15-10(7)14/h2-4,16H,1H3,(H,17,18)(H,19,20). The zero-order chi connectivity index (χ0) is 14.9. The van der Waals surface area contributed by atoms with E-state index in [9.17, 15) is 9.59 Å². The van der Waals surface area contributed by atoms with Crippen LogP contribution < -0.4 is 5.32 Å². The quantitative estimate of drug-likeness (QED) is 0.735. The number of aromatic carboxylic acids is 1. The van der Waals surface area contributed by atoms with Crippen LogP contribution in [0.1, 0.15) is 26.5 Å². The Labute approximate surface area is 127 Å². The Kier molecular flexibility index (Phi) is 4.10. The second kappa shape index (κ2) is 5.64. The number of nitrogens with zero attached hydrogens (tertiary/aromatic N) is 1. The van der Waals surface area contributed by atoms with Gasteiger partial charge in [-0.05, 0) is 35.0 Å². The highest BCUT2D eigenvalue weighted by molar-refractivity contribution is 9.10. The summed E-state index contributed by atoms with van der Waals surface area (Å²) in [7, 11) is 0. The zero-order valence-electron chi connectivity index (χ0n) is 10.2. The summed E-state index contributed by atoms with van der Waals surface area (Å²) >= 11 is 9.04. The third kappa shape index (κ3) is 3.00. The van der Waals surface area contributed by atoms with Crippen LogP contribution in [0.3, 0.4) is 0 Å². The van der Waals surface area contributed by atoms with Crippen LogP contribution in [-0.2, 0) is 0 Å². The van der Waals surface area contributed by atoms with Crippen molar-refractivity contribution in [2.24, 2.45) is 0 Å². The van der Waals surface area contributed by atoms with Gasteiger partial charge in [0, 0.05) is 16.4 Å². The van der Waals surface area contributed by atoms with Crippen molar-refractivity contribution in [1.29, 1.82) is 0 Å². The largest absolute Gasteiger partial charge is 0.477 e. The van der Waals surface area contributed by atoms with E-state index in [-0.39, 0.29) is 22.1 Å². The van der Waals surface area contributed by atoms with Crippen LogP contribution in [0.25, 0.3) is 0 Å². The molecule has 0 fully saturated rings. The molecule has 20 heavy (non-hydrogen) atoms. The lowest BCUT2D eigenvalue weighted by atomic mass is 10.2. The summed E-state index contributed by atoms with van der Waals surface area (Å²) in [4.78, 5) is 29.6. The van der Waals surface area contributed by atoms with Gasteiger partial charge >= 0.3 is 5.97 Å². The molecular formula is C12H9BrClN3O3. The van der Waals surface area contributed by atoms with Crippen LogP contribution in [-0.4, -0.2) is 27.0 Å². The van der Waals surface area contributed by atoms with Crippen molar-refractivity contribution in [3.8, 4) is 0 Å². The molecule has 0 aliphatic carbocycles. The topological polar surface area (TPSA) is 95.1 Å². The first-order valence-corrected chi connectivity index (χ1v) is 6.61. The van der Waals surface area contributed by atoms with Crippen molar-refractivity contribution >= 4 is 45.1 Å². The highest BCUT2D eigenvalue weighted by Crippen LogP contribution is 2.22. The number of rotatable bonds is 3. The third-order valence-electron chi connectivity index (χ3n) is 2.46. The number of carboxylic acids is 1. The summed E-state index contributed by atoms with van der Waals surface area (Å²) in [5.74, 6) is -1.70. The monoisotopic (exact) mass is 357 g/mol. The van der Waals surface area contributed by atoms with Crippen LogP contribution in [0.5, 0.6) is 0 Å². The van der Waals surface area contributed by atoms with Crippen molar-refractivity contribution in [2.75, 3.05) is 5.32 Å². The van der Waals surface area contributed by atoms with E-state index in [2.05, 4.69) is 31.2 Å². The van der Waals surface area contributed by atoms with Gasteiger partial charge in [-0.15, -0.1) is 0 Å². The van der Waals surface area contributed by atoms with Crippen LogP contribution in [0, 0.1) is 6.92 Å². The van der Waals surface area contributed by atoms with Gasteiger partial charge in [0.05, 0.1) is 11.3 Å². The Bertz CT molecular complexity index is 699. The maximum Gasteiger partial charge on any atom is 0.354 e. The van der Waals surface area contributed by atoms with Gasteiger partial charge in [0.25, 0.3) is 5.91 Å². The van der Waals surface area contributed by atoms with E-state index < -0.39 is 11.9 Å². The predicted octanol–water partition coefficient (Wildman–Crippen LogP) is 3.08. The van der Waals surface area contributed by atoms with Gasteiger partial charge in [0.15, 0.2) is 0 Å². The molecule has 2 rings (SSSR count). The molecule has 0 atom stereocenters. The summed E-state index contributed by atoms with van der Waals surface area (Å²) < 4.78 is 0.593. The Morgan fingerprint density at radius 2 is 2.15 bits per heavy atom. The van der Waals surface area contributed by atoms with E-state index in [4.69, 9.17) is 16.7 Å². The van der Waals surface area contributed by atoms with Crippen molar-refractivity contribution in [3.05, 3.63) is 44.9 Å². The van der Waals surface area contributed by atoms with Crippen LogP contribution >= 0.6 is 27.5 Å². The van der Waals surface area contributed by atoms with Gasteiger partial charge in [0.1, 0.15) is 10.8 Å². The van der Waals surface area contributed by atoms with Gasteiger partial charge in [0.2, 0.25) is 0 Å². The number of carbonyl (C=O) groups excluding carboxylic acids is 1. The van der Waals surface area contributed by atoms with E-state index >= 15 is 0 Å². The Morgan fingerprint density at radius 3 is 2.80 bits per heavy atom. The molecule has 2 aromatic heterocycles. The molecule has 0 unspecified atom stereocenters. The van der Waals surface area contributed by atoms with Crippen molar-refractivity contribution in [1.82, 2.24) is 9.97 Å². The predicted molar refractivity (Wildman–Crippen MR) is 77.4 cm³/mol. The lowest BCUT2D eigenvalue weighted by Crippen LogP contribution is -2.15. The molecule has 3 N–H and O–H groups in total. The summed E-state index contributed by atoms with van der Waals surface area (Å²) in [6.07, 6.45) is 1.46. The molecule has 2 heterocycles. The molecule has 0 spiro atoms. The molecule has 0 aliphatic rings. The normalized spacial score (nSPS) is 10.3. The molecule has 1 amide bonds. The molecule has 0 saturated heterocycles. The molecule has 104 valence electrons. The number of hydrogen-bond donors (Lipinski definition) is 3. The number of hydrogen-bond acceptors (Lipinski definition) is 3. The Balaban J connectivity index is 2.32. The first kappa shape index (κ1) is 14.5. The van der Waals surface area contributed by atoms with Gasteiger partial charge in [-0.3, -0.25) is 4.79 Å². The summed E-state index contributed by atoms with van der Waals surface area (Å²) in [6.45, 7) is 1.69. The number of H-pyrrole nitrogens is 1. The molecule has 0 radical (unpaired) electrons. The first-order chi connectivity index (χ1) is 9.38. The minimum Gasteiger partial charge on any atom is -0.477 e. The Morgan fingerprint density at radius 1 is 1.45 bits per heavy atom. The molecular weight excluding hydrogens is 350 g/mol. The Hall–Kier alpha value is -1.86. The summed E-state index contributed by atoms with van der Waals surface area (Å²) in [6, 6.07) is 3.03. The van der Waals surface area contributed by atoms with Gasteiger partial charge in [-0.1, -0.05) is 11.6 Å². The van der Waals surface area contributed by atoms with Crippen molar-refractivity contribution in [3.63, 3.8) is 0 Å². The van der Waals surface area contributed by atoms with Crippen LogP contribution in [0.4, 0.5) is 5.69 Å². The first-order valence-electron chi connectivity index (χ1n) is 5.44. The fraction of sp³-hybridized carbons (Fsp3) is 0.0833. The number of halogens is 2. The fourth-order valence-electron chi connectivity index (χ4n) is 1.63. The number of nitrogens with one attached hydrogen (secondary N) is 2. The lowest BCUT2D eigenvalue weighted by molar-refractivity contribution is 0.0692. The number of carboxylic acid groups (broad SMARTS) is 1. The minimum absolute atomic E-state index is 0.0369. The number of aryl methyl sites for hydroxylation is 1. The van der Waals surface area contributed by atoms with Crippen molar-refractivity contribution in [2.45, 2.75) is 6.92 Å². The third-order valence-corrected chi connectivity index (χ3v) is 3.20. The van der Waals surface area contributed by atoms with E-state index in [1.807, 2.05) is 0 Å². The number of aromatic nitrogens is 2. The molecule has 0 aromatic carbocycles. The van der Waals surface area contributed by atoms with E-state index in [0.717, 1.165) is 0 Å². The van der Waals surface area contributed by atoms with E-state index in [0.29, 0.717) is 10.2 Å². The summed E-state index contributed by atoms with van der Waals surface area (Å²) in [5, 5.41) is 11.6.